The number of hydrogen-bond acceptors (Lipinski definition) is 12. The van der Waals surface area contributed by atoms with Gasteiger partial charge < -0.3 is 34.1 Å². The first-order valence-corrected chi connectivity index (χ1v) is 15.4. The summed E-state index contributed by atoms with van der Waals surface area (Å²) in [6.07, 6.45) is 4.81. The van der Waals surface area contributed by atoms with E-state index in [0.717, 1.165) is 12.8 Å². The highest BCUT2D eigenvalue weighted by molar-refractivity contribution is 7.52. The van der Waals surface area contributed by atoms with Gasteiger partial charge in [0.15, 0.2) is 11.5 Å². The Kier molecular flexibility index (Phi) is 10.9. The summed E-state index contributed by atoms with van der Waals surface area (Å²) in [5.74, 6) is -1.68. The summed E-state index contributed by atoms with van der Waals surface area (Å²) in [4.78, 5) is 48.7. The molecule has 0 amide bonds. The fourth-order valence-corrected chi connectivity index (χ4v) is 5.22. The van der Waals surface area contributed by atoms with Crippen molar-refractivity contribution in [2.45, 2.75) is 103 Å². The molecule has 0 radical (unpaired) electrons. The number of ether oxygens (including phenoxy) is 3. The molecule has 1 aliphatic carbocycles. The van der Waals surface area contributed by atoms with Crippen molar-refractivity contribution >= 4 is 36.5 Å². The van der Waals surface area contributed by atoms with Crippen LogP contribution in [0.4, 0.5) is 5.82 Å². The van der Waals surface area contributed by atoms with Gasteiger partial charge in [-0.25, -0.2) is 24.5 Å². The molecule has 2 aromatic heterocycles. The van der Waals surface area contributed by atoms with E-state index in [2.05, 4.69) is 20.3 Å². The van der Waals surface area contributed by atoms with Gasteiger partial charge in [0.1, 0.15) is 29.4 Å². The standard InChI is InChI=1S/C26H42N5O9P/c1-25(2,3)38-23(33)20(24(34)39-26(4,5)6)40-41(35,36)16-37-12-11-18(13-32)31-15-29-19-21(27-14-28-22(19)31)30-17-9-7-8-10-17/h14-15,17-18,20,32H,7-13,16H2,1-6H3,(H,35,36)(H,27,28,30). The number of esters is 2. The zero-order valence-corrected chi connectivity index (χ0v) is 25.4. The molecule has 1 aliphatic rings. The third-order valence-corrected chi connectivity index (χ3v) is 7.07. The van der Waals surface area contributed by atoms with Gasteiger partial charge in [-0.2, -0.15) is 0 Å². The first-order valence-electron chi connectivity index (χ1n) is 13.7. The Labute approximate surface area is 239 Å². The Balaban J connectivity index is 1.61. The van der Waals surface area contributed by atoms with Gasteiger partial charge in [0.2, 0.25) is 0 Å². The van der Waals surface area contributed by atoms with Crippen molar-refractivity contribution in [1.29, 1.82) is 0 Å². The molecule has 2 aromatic rings. The quantitative estimate of drug-likeness (QED) is 0.132. The smallest absolute Gasteiger partial charge is 0.354 e. The van der Waals surface area contributed by atoms with Crippen LogP contribution in [0.1, 0.15) is 79.7 Å². The number of hydrogen-bond donors (Lipinski definition) is 3. The van der Waals surface area contributed by atoms with E-state index >= 15 is 0 Å². The Morgan fingerprint density at radius 2 is 1.68 bits per heavy atom. The summed E-state index contributed by atoms with van der Waals surface area (Å²) in [6.45, 7) is 9.17. The Morgan fingerprint density at radius 3 is 2.24 bits per heavy atom. The second-order valence-electron chi connectivity index (χ2n) is 12.0. The number of nitrogens with one attached hydrogen (secondary N) is 1. The van der Waals surface area contributed by atoms with Crippen molar-refractivity contribution in [3.63, 3.8) is 0 Å². The van der Waals surface area contributed by atoms with Crippen molar-refractivity contribution in [3.05, 3.63) is 12.7 Å². The maximum Gasteiger partial charge on any atom is 0.354 e. The van der Waals surface area contributed by atoms with E-state index in [1.165, 1.54) is 19.2 Å². The van der Waals surface area contributed by atoms with Crippen LogP contribution in [0.2, 0.25) is 0 Å². The molecule has 1 fully saturated rings. The summed E-state index contributed by atoms with van der Waals surface area (Å²) in [7, 11) is -4.61. The molecule has 0 aromatic carbocycles. The van der Waals surface area contributed by atoms with Gasteiger partial charge in [0, 0.05) is 12.6 Å². The van der Waals surface area contributed by atoms with E-state index in [9.17, 15) is 24.2 Å². The zero-order chi connectivity index (χ0) is 30.4. The number of fused-ring (bicyclic) bond motifs is 1. The predicted molar refractivity (Wildman–Crippen MR) is 149 cm³/mol. The van der Waals surface area contributed by atoms with Crippen LogP contribution in [0.5, 0.6) is 0 Å². The normalized spacial score (nSPS) is 17.0. The third-order valence-electron chi connectivity index (χ3n) is 6.02. The minimum Gasteiger partial charge on any atom is -0.458 e. The van der Waals surface area contributed by atoms with Crippen molar-refractivity contribution in [1.82, 2.24) is 19.5 Å². The van der Waals surface area contributed by atoms with Gasteiger partial charge in [0.25, 0.3) is 6.10 Å². The molecule has 14 nitrogen and oxygen atoms in total. The van der Waals surface area contributed by atoms with Crippen LogP contribution >= 0.6 is 7.60 Å². The largest absolute Gasteiger partial charge is 0.458 e. The molecule has 0 bridgehead atoms. The fraction of sp³-hybridized carbons (Fsp3) is 0.731. The first kappa shape index (κ1) is 32.9. The lowest BCUT2D eigenvalue weighted by molar-refractivity contribution is -0.179. The minimum atomic E-state index is -4.61. The van der Waals surface area contributed by atoms with E-state index in [1.54, 1.807) is 52.4 Å². The fourth-order valence-electron chi connectivity index (χ4n) is 4.29. The Morgan fingerprint density at radius 1 is 1.07 bits per heavy atom. The highest BCUT2D eigenvalue weighted by Crippen LogP contribution is 2.44. The molecule has 3 N–H and O–H groups in total. The zero-order valence-electron chi connectivity index (χ0n) is 24.5. The summed E-state index contributed by atoms with van der Waals surface area (Å²) >= 11 is 0. The number of rotatable bonds is 13. The van der Waals surface area contributed by atoms with E-state index < -0.39 is 49.2 Å². The van der Waals surface area contributed by atoms with E-state index in [1.807, 2.05) is 0 Å². The van der Waals surface area contributed by atoms with Gasteiger partial charge >= 0.3 is 19.5 Å². The van der Waals surface area contributed by atoms with E-state index in [-0.39, 0.29) is 19.6 Å². The molecule has 0 saturated heterocycles. The van der Waals surface area contributed by atoms with Crippen molar-refractivity contribution in [2.75, 3.05) is 24.9 Å². The van der Waals surface area contributed by atoms with Gasteiger partial charge in [-0.1, -0.05) is 12.8 Å². The highest BCUT2D eigenvalue weighted by atomic mass is 31.2. The van der Waals surface area contributed by atoms with Crippen molar-refractivity contribution in [3.8, 4) is 0 Å². The number of nitrogens with zero attached hydrogens (tertiary/aromatic N) is 4. The molecular weight excluding hydrogens is 557 g/mol. The molecule has 15 heteroatoms. The van der Waals surface area contributed by atoms with Gasteiger partial charge in [-0.3, -0.25) is 9.09 Å². The van der Waals surface area contributed by atoms with Crippen LogP contribution in [-0.2, 0) is 32.9 Å². The van der Waals surface area contributed by atoms with Crippen LogP contribution in [0.3, 0.4) is 0 Å². The van der Waals surface area contributed by atoms with Crippen molar-refractivity contribution in [2.24, 2.45) is 0 Å². The number of anilines is 1. The predicted octanol–water partition coefficient (Wildman–Crippen LogP) is 3.33. The number of aromatic nitrogens is 4. The third kappa shape index (κ3) is 10.00. The van der Waals surface area contributed by atoms with Gasteiger partial charge in [-0.05, 0) is 60.8 Å². The molecule has 0 aliphatic heterocycles. The highest BCUT2D eigenvalue weighted by Gasteiger charge is 2.41. The molecular formula is C26H42N5O9P. The molecule has 1 saturated carbocycles. The van der Waals surface area contributed by atoms with Crippen LogP contribution in [0.15, 0.2) is 12.7 Å². The number of carbonyl (C=O) groups is 2. The summed E-state index contributed by atoms with van der Waals surface area (Å²) in [5.41, 5.74) is -0.840. The first-order chi connectivity index (χ1) is 19.1. The van der Waals surface area contributed by atoms with Gasteiger partial charge in [0.05, 0.1) is 19.0 Å². The lowest BCUT2D eigenvalue weighted by Crippen LogP contribution is -2.42. The average Bonchev–Trinajstić information content (AvgIpc) is 3.51. The topological polar surface area (TPSA) is 184 Å². The average molecular weight is 600 g/mol. The molecule has 2 heterocycles. The van der Waals surface area contributed by atoms with Crippen LogP contribution in [0.25, 0.3) is 11.2 Å². The van der Waals surface area contributed by atoms with E-state index in [0.29, 0.717) is 23.0 Å². The molecule has 230 valence electrons. The summed E-state index contributed by atoms with van der Waals surface area (Å²) in [6, 6.07) is -0.161. The van der Waals surface area contributed by atoms with Gasteiger partial charge in [-0.15, -0.1) is 0 Å². The van der Waals surface area contributed by atoms with Crippen molar-refractivity contribution < 1.29 is 42.9 Å². The summed E-state index contributed by atoms with van der Waals surface area (Å²) in [5, 5.41) is 13.5. The number of imidazole rings is 1. The molecule has 0 spiro atoms. The maximum atomic E-state index is 12.8. The maximum absolute atomic E-state index is 12.8. The van der Waals surface area contributed by atoms with Crippen LogP contribution in [0, 0.1) is 0 Å². The number of aliphatic hydroxyl groups excluding tert-OH is 1. The minimum absolute atomic E-state index is 0.0549. The lowest BCUT2D eigenvalue weighted by Gasteiger charge is -2.27. The molecule has 41 heavy (non-hydrogen) atoms. The Hall–Kier alpha value is -2.64. The van der Waals surface area contributed by atoms with Crippen LogP contribution < -0.4 is 5.32 Å². The molecule has 3 rings (SSSR count). The second-order valence-corrected chi connectivity index (χ2v) is 13.8. The monoisotopic (exact) mass is 599 g/mol. The SMILES string of the molecule is CC(C)(C)OC(=O)C(OP(=O)(O)COCCC(CO)n1cnc2c(NC3CCCC3)ncnc21)C(=O)OC(C)(C)C. The number of aliphatic hydroxyl groups is 1. The van der Waals surface area contributed by atoms with Crippen LogP contribution in [-0.4, -0.2) is 84.4 Å². The van der Waals surface area contributed by atoms with E-state index in [4.69, 9.17) is 18.7 Å². The molecule has 2 atom stereocenters. The lowest BCUT2D eigenvalue weighted by atomic mass is 10.2. The molecule has 2 unspecified atom stereocenters. The number of carbonyl (C=O) groups excluding carboxylic acids is 2. The Bertz CT molecular complexity index is 1210. The second kappa shape index (κ2) is 13.6. The summed E-state index contributed by atoms with van der Waals surface area (Å²) < 4.78 is 35.3.